The molecule has 1 aliphatic heterocycles. The fourth-order valence-electron chi connectivity index (χ4n) is 3.22. The monoisotopic (exact) mass is 382 g/mol. The molecule has 0 spiro atoms. The number of hydrogen-bond acceptors (Lipinski definition) is 5. The van der Waals surface area contributed by atoms with E-state index in [4.69, 9.17) is 4.42 Å². The lowest BCUT2D eigenvalue weighted by atomic mass is 10.1. The van der Waals surface area contributed by atoms with Gasteiger partial charge in [-0.25, -0.2) is 4.79 Å². The summed E-state index contributed by atoms with van der Waals surface area (Å²) in [5.41, 5.74) is 0.908. The fourth-order valence-corrected chi connectivity index (χ4v) is 4.11. The first-order valence-electron chi connectivity index (χ1n) is 8.76. The molecule has 0 fully saturated rings. The van der Waals surface area contributed by atoms with Gasteiger partial charge in [0.2, 0.25) is 5.91 Å². The van der Waals surface area contributed by atoms with Crippen LogP contribution in [0.2, 0.25) is 0 Å². The summed E-state index contributed by atoms with van der Waals surface area (Å²) in [5.74, 6) is -0.529. The van der Waals surface area contributed by atoms with Crippen LogP contribution in [0.5, 0.6) is 0 Å². The Bertz CT molecular complexity index is 1070. The van der Waals surface area contributed by atoms with E-state index < -0.39 is 11.5 Å². The number of nitrogens with one attached hydrogen (secondary N) is 1. The highest BCUT2D eigenvalue weighted by molar-refractivity contribution is 7.10. The maximum absolute atomic E-state index is 12.4. The number of benzene rings is 1. The Morgan fingerprint density at radius 1 is 1.22 bits per heavy atom. The van der Waals surface area contributed by atoms with Gasteiger partial charge in [-0.05, 0) is 35.6 Å². The number of rotatable bonds is 4. The zero-order chi connectivity index (χ0) is 18.8. The van der Waals surface area contributed by atoms with Crippen LogP contribution in [0.1, 0.15) is 27.2 Å². The second-order valence-corrected chi connectivity index (χ2v) is 7.43. The predicted molar refractivity (Wildman–Crippen MR) is 103 cm³/mol. The molecule has 1 N–H and O–H groups in total. The van der Waals surface area contributed by atoms with E-state index in [2.05, 4.69) is 11.4 Å². The molecule has 3 aromatic rings. The van der Waals surface area contributed by atoms with E-state index in [1.54, 1.807) is 35.6 Å². The molecule has 4 rings (SSSR count). The van der Waals surface area contributed by atoms with Crippen LogP contribution in [0.15, 0.2) is 51.0 Å². The summed E-state index contributed by atoms with van der Waals surface area (Å²) in [7, 11) is 0. The highest BCUT2D eigenvalue weighted by Crippen LogP contribution is 2.24. The van der Waals surface area contributed by atoms with Crippen molar-refractivity contribution in [3.63, 3.8) is 0 Å². The standard InChI is InChI=1S/C20H18N2O4S/c23-18(22-9-6-17-14(12-22)7-10-27-17)5-8-21-19(24)15-11-13-3-1-2-4-16(13)26-20(15)25/h1-4,7,10-11H,5-6,8-9,12H2,(H,21,24). The molecule has 27 heavy (non-hydrogen) atoms. The van der Waals surface area contributed by atoms with Gasteiger partial charge in [-0.3, -0.25) is 9.59 Å². The second kappa shape index (κ2) is 7.36. The minimum absolute atomic E-state index is 0.00213. The number of carbonyl (C=O) groups excluding carboxylic acids is 2. The topological polar surface area (TPSA) is 79.6 Å². The van der Waals surface area contributed by atoms with E-state index >= 15 is 0 Å². The summed E-state index contributed by atoms with van der Waals surface area (Å²) >= 11 is 1.73. The van der Waals surface area contributed by atoms with Crippen molar-refractivity contribution in [2.45, 2.75) is 19.4 Å². The van der Waals surface area contributed by atoms with Crippen molar-refractivity contribution in [2.75, 3.05) is 13.1 Å². The number of thiophene rings is 1. The molecular formula is C20H18N2O4S. The summed E-state index contributed by atoms with van der Waals surface area (Å²) in [6.45, 7) is 1.51. The van der Waals surface area contributed by atoms with E-state index in [9.17, 15) is 14.4 Å². The molecule has 0 aliphatic carbocycles. The summed E-state index contributed by atoms with van der Waals surface area (Å²) in [5, 5.41) is 5.37. The van der Waals surface area contributed by atoms with Gasteiger partial charge in [0.1, 0.15) is 11.1 Å². The van der Waals surface area contributed by atoms with Crippen LogP contribution < -0.4 is 10.9 Å². The first kappa shape index (κ1) is 17.5. The van der Waals surface area contributed by atoms with Crippen molar-refractivity contribution in [1.82, 2.24) is 10.2 Å². The van der Waals surface area contributed by atoms with Gasteiger partial charge in [0.15, 0.2) is 0 Å². The number of para-hydroxylation sites is 1. The third-order valence-electron chi connectivity index (χ3n) is 4.67. The molecule has 7 heteroatoms. The molecule has 2 amide bonds. The minimum atomic E-state index is -0.682. The molecule has 0 saturated carbocycles. The molecule has 2 aromatic heterocycles. The minimum Gasteiger partial charge on any atom is -0.422 e. The zero-order valence-corrected chi connectivity index (χ0v) is 15.4. The van der Waals surface area contributed by atoms with Crippen LogP contribution in [0.25, 0.3) is 11.0 Å². The average molecular weight is 382 g/mol. The Morgan fingerprint density at radius 2 is 2.07 bits per heavy atom. The Morgan fingerprint density at radius 3 is 2.96 bits per heavy atom. The van der Waals surface area contributed by atoms with Gasteiger partial charge in [0, 0.05) is 36.3 Å². The van der Waals surface area contributed by atoms with Crippen molar-refractivity contribution in [3.8, 4) is 0 Å². The quantitative estimate of drug-likeness (QED) is 0.704. The van der Waals surface area contributed by atoms with E-state index in [0.29, 0.717) is 24.1 Å². The zero-order valence-electron chi connectivity index (χ0n) is 14.6. The van der Waals surface area contributed by atoms with Gasteiger partial charge in [-0.1, -0.05) is 18.2 Å². The van der Waals surface area contributed by atoms with Gasteiger partial charge in [0.25, 0.3) is 5.91 Å². The second-order valence-electron chi connectivity index (χ2n) is 6.43. The van der Waals surface area contributed by atoms with E-state index in [1.807, 2.05) is 10.3 Å². The maximum atomic E-state index is 12.4. The number of fused-ring (bicyclic) bond motifs is 2. The lowest BCUT2D eigenvalue weighted by Crippen LogP contribution is -2.38. The van der Waals surface area contributed by atoms with Gasteiger partial charge in [0.05, 0.1) is 0 Å². The molecule has 0 radical (unpaired) electrons. The Labute approximate surface area is 159 Å². The third kappa shape index (κ3) is 3.64. The first-order chi connectivity index (χ1) is 13.1. The van der Waals surface area contributed by atoms with Crippen molar-refractivity contribution < 1.29 is 14.0 Å². The SMILES string of the molecule is O=C(NCCC(=O)N1CCc2sccc2C1)c1cc2ccccc2oc1=O. The Balaban J connectivity index is 1.35. The lowest BCUT2D eigenvalue weighted by molar-refractivity contribution is -0.131. The summed E-state index contributed by atoms with van der Waals surface area (Å²) in [6, 6.07) is 10.6. The molecule has 3 heterocycles. The smallest absolute Gasteiger partial charge is 0.349 e. The van der Waals surface area contributed by atoms with Gasteiger partial charge in [-0.15, -0.1) is 11.3 Å². The molecular weight excluding hydrogens is 364 g/mol. The van der Waals surface area contributed by atoms with Gasteiger partial charge >= 0.3 is 5.63 Å². The van der Waals surface area contributed by atoms with Gasteiger partial charge < -0.3 is 14.6 Å². The number of carbonyl (C=O) groups is 2. The predicted octanol–water partition coefficient (Wildman–Crippen LogP) is 2.56. The molecule has 6 nitrogen and oxygen atoms in total. The van der Waals surface area contributed by atoms with Crippen LogP contribution in [0, 0.1) is 0 Å². The largest absolute Gasteiger partial charge is 0.422 e. The van der Waals surface area contributed by atoms with Crippen molar-refractivity contribution in [2.24, 2.45) is 0 Å². The highest BCUT2D eigenvalue weighted by atomic mass is 32.1. The molecule has 0 saturated heterocycles. The van der Waals surface area contributed by atoms with Crippen molar-refractivity contribution in [3.05, 3.63) is 68.2 Å². The lowest BCUT2D eigenvalue weighted by Gasteiger charge is -2.27. The Kier molecular flexibility index (Phi) is 4.77. The molecule has 1 aliphatic rings. The van der Waals surface area contributed by atoms with E-state index in [1.165, 1.54) is 16.5 Å². The fraction of sp³-hybridized carbons (Fsp3) is 0.250. The normalized spacial score (nSPS) is 13.4. The summed E-state index contributed by atoms with van der Waals surface area (Å²) < 4.78 is 5.17. The molecule has 1 aromatic carbocycles. The first-order valence-corrected chi connectivity index (χ1v) is 9.64. The number of nitrogens with zero attached hydrogens (tertiary/aromatic N) is 1. The van der Waals surface area contributed by atoms with E-state index in [0.717, 1.165) is 6.42 Å². The molecule has 0 atom stereocenters. The number of hydrogen-bond donors (Lipinski definition) is 1. The van der Waals surface area contributed by atoms with Crippen LogP contribution in [0.3, 0.4) is 0 Å². The summed E-state index contributed by atoms with van der Waals surface area (Å²) in [4.78, 5) is 39.9. The third-order valence-corrected chi connectivity index (χ3v) is 5.69. The van der Waals surface area contributed by atoms with Crippen LogP contribution >= 0.6 is 11.3 Å². The molecule has 0 unspecified atom stereocenters. The van der Waals surface area contributed by atoms with Crippen molar-refractivity contribution in [1.29, 1.82) is 0 Å². The van der Waals surface area contributed by atoms with Crippen molar-refractivity contribution >= 4 is 34.1 Å². The molecule has 0 bridgehead atoms. The maximum Gasteiger partial charge on any atom is 0.349 e. The highest BCUT2D eigenvalue weighted by Gasteiger charge is 2.21. The number of amides is 2. The van der Waals surface area contributed by atoms with Crippen LogP contribution in [-0.2, 0) is 17.8 Å². The summed E-state index contributed by atoms with van der Waals surface area (Å²) in [6.07, 6.45) is 1.08. The van der Waals surface area contributed by atoms with E-state index in [-0.39, 0.29) is 24.4 Å². The Hall–Kier alpha value is -2.93. The van der Waals surface area contributed by atoms with Crippen LogP contribution in [-0.4, -0.2) is 29.8 Å². The average Bonchev–Trinajstić information content (AvgIpc) is 3.15. The van der Waals surface area contributed by atoms with Crippen LogP contribution in [0.4, 0.5) is 0 Å². The van der Waals surface area contributed by atoms with Gasteiger partial charge in [-0.2, -0.15) is 0 Å². The molecule has 138 valence electrons.